The Kier molecular flexibility index (Phi) is 5.41. The molecule has 2 rings (SSSR count). The average molecular weight is 356 g/mol. The molecule has 0 aromatic carbocycles. The molecule has 0 radical (unpaired) electrons. The molecule has 0 saturated carbocycles. The third-order valence-corrected chi connectivity index (χ3v) is 5.55. The summed E-state index contributed by atoms with van der Waals surface area (Å²) in [5.41, 5.74) is 2.39. The highest BCUT2D eigenvalue weighted by Crippen LogP contribution is 2.23. The fourth-order valence-electron chi connectivity index (χ4n) is 2.26. The number of hydrogen-bond donors (Lipinski definition) is 0. The molecule has 1 unspecified atom stereocenters. The average Bonchev–Trinajstić information content (AvgIpc) is 3.01. The summed E-state index contributed by atoms with van der Waals surface area (Å²) in [5, 5.41) is 6.71. The molecule has 1 atom stereocenters. The molecule has 0 spiro atoms. The summed E-state index contributed by atoms with van der Waals surface area (Å²) in [5.74, 6) is 0. The number of aryl methyl sites for hydroxylation is 2. The van der Waals surface area contributed by atoms with Gasteiger partial charge in [-0.05, 0) is 54.2 Å². The predicted octanol–water partition coefficient (Wildman–Crippen LogP) is 3.87. The molecule has 0 N–H and O–H groups in total. The van der Waals surface area contributed by atoms with E-state index in [-0.39, 0.29) is 0 Å². The van der Waals surface area contributed by atoms with E-state index < -0.39 is 0 Å². The van der Waals surface area contributed by atoms with Crippen LogP contribution in [0.2, 0.25) is 0 Å². The molecule has 0 aliphatic rings. The van der Waals surface area contributed by atoms with Gasteiger partial charge in [-0.3, -0.25) is 9.58 Å². The Bertz CT molecular complexity index is 548. The van der Waals surface area contributed by atoms with E-state index >= 15 is 0 Å². The highest BCUT2D eigenvalue weighted by molar-refractivity contribution is 9.10. The fraction of sp³-hybridized carbons (Fsp3) is 0.533. The number of thiophene rings is 1. The van der Waals surface area contributed by atoms with Gasteiger partial charge in [0.05, 0.1) is 15.9 Å². The van der Waals surface area contributed by atoms with Crippen LogP contribution in [0.25, 0.3) is 0 Å². The summed E-state index contributed by atoms with van der Waals surface area (Å²) < 4.78 is 3.16. The highest BCUT2D eigenvalue weighted by Gasteiger charge is 2.17. The van der Waals surface area contributed by atoms with Crippen LogP contribution in [0.1, 0.15) is 30.1 Å². The lowest BCUT2D eigenvalue weighted by atomic mass is 10.2. The van der Waals surface area contributed by atoms with E-state index in [1.54, 1.807) is 0 Å². The summed E-state index contributed by atoms with van der Waals surface area (Å²) in [6.45, 7) is 5.33. The van der Waals surface area contributed by atoms with Crippen molar-refractivity contribution in [2.24, 2.45) is 7.05 Å². The second-order valence-electron chi connectivity index (χ2n) is 5.23. The first-order chi connectivity index (χ1) is 9.52. The maximum absolute atomic E-state index is 4.56. The van der Waals surface area contributed by atoms with Crippen LogP contribution < -0.4 is 0 Å². The number of rotatable bonds is 6. The zero-order valence-corrected chi connectivity index (χ0v) is 15.0. The molecule has 0 fully saturated rings. The van der Waals surface area contributed by atoms with Gasteiger partial charge in [-0.1, -0.05) is 13.0 Å². The minimum atomic E-state index is 0.514. The predicted molar refractivity (Wildman–Crippen MR) is 89.2 cm³/mol. The standard InChI is InChI=1S/C15H22BrN3S/c1-5-13-15(16)14(19(4)17-13)10-18(3)11(2)9-12-7-6-8-20-12/h6-8,11H,5,9-10H2,1-4H3. The number of halogens is 1. The van der Waals surface area contributed by atoms with Crippen LogP contribution in [0, 0.1) is 0 Å². The zero-order valence-electron chi connectivity index (χ0n) is 12.6. The zero-order chi connectivity index (χ0) is 14.7. The van der Waals surface area contributed by atoms with Gasteiger partial charge in [-0.15, -0.1) is 11.3 Å². The Morgan fingerprint density at radius 1 is 1.50 bits per heavy atom. The molecular weight excluding hydrogens is 334 g/mol. The van der Waals surface area contributed by atoms with E-state index in [9.17, 15) is 0 Å². The maximum atomic E-state index is 4.56. The van der Waals surface area contributed by atoms with Gasteiger partial charge in [0, 0.05) is 24.5 Å². The van der Waals surface area contributed by atoms with Gasteiger partial charge in [0.1, 0.15) is 0 Å². The van der Waals surface area contributed by atoms with Gasteiger partial charge < -0.3 is 0 Å². The van der Waals surface area contributed by atoms with Gasteiger partial charge in [-0.2, -0.15) is 5.10 Å². The SMILES string of the molecule is CCc1nn(C)c(CN(C)C(C)Cc2cccs2)c1Br. The van der Waals surface area contributed by atoms with Crippen LogP contribution in [0.4, 0.5) is 0 Å². The number of aromatic nitrogens is 2. The highest BCUT2D eigenvalue weighted by atomic mass is 79.9. The molecule has 0 aliphatic heterocycles. The number of hydrogen-bond acceptors (Lipinski definition) is 3. The largest absolute Gasteiger partial charge is 0.297 e. The van der Waals surface area contributed by atoms with Crippen molar-refractivity contribution >= 4 is 27.3 Å². The van der Waals surface area contributed by atoms with Crippen LogP contribution in [0.5, 0.6) is 0 Å². The first-order valence-electron chi connectivity index (χ1n) is 6.95. The normalized spacial score (nSPS) is 13.1. The maximum Gasteiger partial charge on any atom is 0.0767 e. The van der Waals surface area contributed by atoms with Crippen LogP contribution in [-0.4, -0.2) is 27.8 Å². The Morgan fingerprint density at radius 3 is 2.80 bits per heavy atom. The Labute approximate surface area is 133 Å². The smallest absolute Gasteiger partial charge is 0.0767 e. The summed E-state index contributed by atoms with van der Waals surface area (Å²) in [4.78, 5) is 3.84. The topological polar surface area (TPSA) is 21.1 Å². The van der Waals surface area contributed by atoms with Gasteiger partial charge in [0.2, 0.25) is 0 Å². The Balaban J connectivity index is 2.03. The van der Waals surface area contributed by atoms with Crippen molar-refractivity contribution in [2.45, 2.75) is 39.3 Å². The third kappa shape index (κ3) is 3.51. The van der Waals surface area contributed by atoms with Gasteiger partial charge in [0.25, 0.3) is 0 Å². The van der Waals surface area contributed by atoms with E-state index in [0.717, 1.165) is 29.6 Å². The molecule has 20 heavy (non-hydrogen) atoms. The van der Waals surface area contributed by atoms with Gasteiger partial charge in [-0.25, -0.2) is 0 Å². The quantitative estimate of drug-likeness (QED) is 0.784. The van der Waals surface area contributed by atoms with Crippen LogP contribution in [0.3, 0.4) is 0 Å². The minimum absolute atomic E-state index is 0.514. The Morgan fingerprint density at radius 2 is 2.25 bits per heavy atom. The monoisotopic (exact) mass is 355 g/mol. The first-order valence-corrected chi connectivity index (χ1v) is 8.63. The molecule has 5 heteroatoms. The van der Waals surface area contributed by atoms with Crippen LogP contribution in [0.15, 0.2) is 22.0 Å². The molecule has 0 saturated heterocycles. The summed E-state index contributed by atoms with van der Waals surface area (Å²) in [6.07, 6.45) is 2.06. The molecule has 3 nitrogen and oxygen atoms in total. The van der Waals surface area contributed by atoms with E-state index in [0.29, 0.717) is 6.04 Å². The second kappa shape index (κ2) is 6.87. The lowest BCUT2D eigenvalue weighted by Gasteiger charge is -2.24. The molecule has 0 amide bonds. The van der Waals surface area contributed by atoms with E-state index in [2.05, 4.69) is 64.3 Å². The summed E-state index contributed by atoms with van der Waals surface area (Å²) >= 11 is 5.53. The number of likely N-dealkylation sites (N-methyl/N-ethyl adjacent to an activating group) is 1. The van der Waals surface area contributed by atoms with Crippen LogP contribution in [-0.2, 0) is 26.4 Å². The lowest BCUT2D eigenvalue weighted by molar-refractivity contribution is 0.242. The van der Waals surface area contributed by atoms with Gasteiger partial charge in [0.15, 0.2) is 0 Å². The summed E-state index contributed by atoms with van der Waals surface area (Å²) in [7, 11) is 4.21. The fourth-order valence-corrected chi connectivity index (χ4v) is 3.83. The second-order valence-corrected chi connectivity index (χ2v) is 7.06. The van der Waals surface area contributed by atoms with Crippen molar-refractivity contribution in [2.75, 3.05) is 7.05 Å². The van der Waals surface area contributed by atoms with Crippen LogP contribution >= 0.6 is 27.3 Å². The molecule has 2 heterocycles. The van der Waals surface area contributed by atoms with E-state index in [1.807, 2.05) is 23.1 Å². The molecule has 0 aliphatic carbocycles. The van der Waals surface area contributed by atoms with Crippen molar-refractivity contribution in [1.29, 1.82) is 0 Å². The third-order valence-electron chi connectivity index (χ3n) is 3.73. The molecule has 110 valence electrons. The van der Waals surface area contributed by atoms with Crippen molar-refractivity contribution in [3.8, 4) is 0 Å². The number of nitrogens with zero attached hydrogens (tertiary/aromatic N) is 3. The van der Waals surface area contributed by atoms with Crippen molar-refractivity contribution in [3.05, 3.63) is 38.3 Å². The summed E-state index contributed by atoms with van der Waals surface area (Å²) in [6, 6.07) is 4.85. The van der Waals surface area contributed by atoms with E-state index in [1.165, 1.54) is 10.6 Å². The van der Waals surface area contributed by atoms with E-state index in [4.69, 9.17) is 0 Å². The molecule has 2 aromatic heterocycles. The van der Waals surface area contributed by atoms with Crippen molar-refractivity contribution < 1.29 is 0 Å². The Hall–Kier alpha value is -0.650. The lowest BCUT2D eigenvalue weighted by Crippen LogP contribution is -2.31. The van der Waals surface area contributed by atoms with Gasteiger partial charge >= 0.3 is 0 Å². The molecular formula is C15H22BrN3S. The minimum Gasteiger partial charge on any atom is -0.297 e. The van der Waals surface area contributed by atoms with Crippen molar-refractivity contribution in [3.63, 3.8) is 0 Å². The molecule has 0 bridgehead atoms. The van der Waals surface area contributed by atoms with Crippen molar-refractivity contribution in [1.82, 2.24) is 14.7 Å². The molecule has 2 aromatic rings. The first kappa shape index (κ1) is 15.7.